The Morgan fingerprint density at radius 2 is 1.22 bits per heavy atom. The second kappa shape index (κ2) is 20.0. The molecule has 2 atom stereocenters. The quantitative estimate of drug-likeness (QED) is 0.0935. The van der Waals surface area contributed by atoms with E-state index in [0.29, 0.717) is 37.1 Å². The predicted octanol–water partition coefficient (Wildman–Crippen LogP) is 10.1. The first-order chi connectivity index (χ1) is 20.2. The van der Waals surface area contributed by atoms with Gasteiger partial charge in [-0.3, -0.25) is 0 Å². The van der Waals surface area contributed by atoms with E-state index in [4.69, 9.17) is 31.7 Å². The molecule has 41 heavy (non-hydrogen) atoms. The van der Waals surface area contributed by atoms with Gasteiger partial charge in [-0.1, -0.05) is 0 Å². The zero-order chi connectivity index (χ0) is 29.0. The van der Waals surface area contributed by atoms with E-state index in [0.717, 1.165) is 38.5 Å². The van der Waals surface area contributed by atoms with Gasteiger partial charge in [0, 0.05) is 0 Å². The van der Waals surface area contributed by atoms with Crippen LogP contribution in [0.3, 0.4) is 0 Å². The monoisotopic (exact) mass is 622 g/mol. The molecule has 226 valence electrons. The van der Waals surface area contributed by atoms with Crippen LogP contribution < -0.4 is 18.4 Å². The Labute approximate surface area is 248 Å². The number of hydrogen-bond donors (Lipinski definition) is 1. The average molecular weight is 623 g/mol. The fraction of sp³-hybridized carbons (Fsp3) is 0.400. The van der Waals surface area contributed by atoms with Gasteiger partial charge in [-0.05, 0) is 0 Å². The van der Waals surface area contributed by atoms with Gasteiger partial charge in [0.05, 0.1) is 0 Å². The van der Waals surface area contributed by atoms with Crippen LogP contribution in [0.4, 0.5) is 0 Å². The molecule has 0 heterocycles. The molecule has 0 radical (unpaired) electrons. The topological polar surface area (TPSA) is 79.8 Å². The first kappa shape index (κ1) is 33.5. The van der Waals surface area contributed by atoms with Crippen molar-refractivity contribution in [3.8, 4) is 17.2 Å². The zero-order valence-corrected chi connectivity index (χ0v) is 27.3. The van der Waals surface area contributed by atoms with Gasteiger partial charge in [0.1, 0.15) is 0 Å². The van der Waals surface area contributed by atoms with Gasteiger partial charge in [0.15, 0.2) is 0 Å². The molecule has 0 aliphatic carbocycles. The number of nitrogens with one attached hydrogen (secondary N) is 1. The normalized spacial score (nSPS) is 13.4. The second-order valence-electron chi connectivity index (χ2n) is 9.15. The summed E-state index contributed by atoms with van der Waals surface area (Å²) < 4.78 is 43.6. The molecular weight excluding hydrogens is 577 g/mol. The summed E-state index contributed by atoms with van der Waals surface area (Å²) in [6, 6.07) is 28.8. The first-order valence-corrected chi connectivity index (χ1v) is 18.6. The molecule has 0 saturated carbocycles. The Morgan fingerprint density at radius 3 is 1.83 bits per heavy atom. The third-order valence-corrected chi connectivity index (χ3v) is 12.1. The van der Waals surface area contributed by atoms with Crippen molar-refractivity contribution in [2.75, 3.05) is 19.8 Å². The molecule has 2 unspecified atom stereocenters. The molecular formula is C30H45N2O6P3. The summed E-state index contributed by atoms with van der Waals surface area (Å²) in [6.45, 7) is 7.87. The van der Waals surface area contributed by atoms with Crippen molar-refractivity contribution < 1.29 is 27.1 Å². The molecule has 0 spiro atoms. The van der Waals surface area contributed by atoms with Crippen LogP contribution in [0.1, 0.15) is 59.3 Å². The van der Waals surface area contributed by atoms with Crippen LogP contribution in [0, 0.1) is 0 Å². The van der Waals surface area contributed by atoms with Gasteiger partial charge in [-0.15, -0.1) is 0 Å². The maximum absolute atomic E-state index is 6.66. The van der Waals surface area contributed by atoms with E-state index >= 15 is 0 Å². The number of rotatable bonds is 21. The van der Waals surface area contributed by atoms with E-state index in [9.17, 15) is 0 Å². The minimum atomic E-state index is -3.68. The molecule has 0 fully saturated rings. The van der Waals surface area contributed by atoms with Gasteiger partial charge in [-0.25, -0.2) is 0 Å². The van der Waals surface area contributed by atoms with Crippen molar-refractivity contribution in [2.24, 2.45) is 4.52 Å². The molecule has 0 amide bonds. The molecule has 0 aliphatic heterocycles. The van der Waals surface area contributed by atoms with Crippen molar-refractivity contribution in [3.05, 3.63) is 91.0 Å². The van der Waals surface area contributed by atoms with E-state index in [1.807, 2.05) is 91.0 Å². The third kappa shape index (κ3) is 13.2. The predicted molar refractivity (Wildman–Crippen MR) is 173 cm³/mol. The van der Waals surface area contributed by atoms with Crippen molar-refractivity contribution in [2.45, 2.75) is 59.3 Å². The number of para-hydroxylation sites is 3. The van der Waals surface area contributed by atoms with E-state index in [2.05, 4.69) is 25.6 Å². The number of hydrogen-bond acceptors (Lipinski definition) is 8. The summed E-state index contributed by atoms with van der Waals surface area (Å²) >= 11 is 0. The fourth-order valence-electron chi connectivity index (χ4n) is 3.33. The van der Waals surface area contributed by atoms with Gasteiger partial charge in [-0.2, -0.15) is 0 Å². The molecule has 8 nitrogen and oxygen atoms in total. The molecule has 0 aliphatic rings. The van der Waals surface area contributed by atoms with Crippen LogP contribution in [-0.4, -0.2) is 19.8 Å². The van der Waals surface area contributed by atoms with E-state index in [1.54, 1.807) is 0 Å². The van der Waals surface area contributed by atoms with Crippen LogP contribution in [0.5, 0.6) is 17.2 Å². The maximum atomic E-state index is 6.66. The SMILES string of the molecule is CCCCOP(N[PH](N=[PH](OCCCC)Oc1ccccc1)(OCCCC)Oc1ccccc1)Oc1ccccc1. The van der Waals surface area contributed by atoms with Crippen LogP contribution in [-0.2, 0) is 13.6 Å². The zero-order valence-electron chi connectivity index (χ0n) is 24.4. The molecule has 11 heteroatoms. The van der Waals surface area contributed by atoms with E-state index in [-0.39, 0.29) is 0 Å². The molecule has 3 aromatic carbocycles. The summed E-state index contributed by atoms with van der Waals surface area (Å²) in [5, 5.41) is 0. The number of benzene rings is 3. The molecule has 0 aromatic heterocycles. The Hall–Kier alpha value is -2.01. The summed E-state index contributed by atoms with van der Waals surface area (Å²) in [4.78, 5) is 3.50. The third-order valence-electron chi connectivity index (χ3n) is 5.58. The van der Waals surface area contributed by atoms with Gasteiger partial charge in [0.25, 0.3) is 0 Å². The number of unbranched alkanes of at least 4 members (excludes halogenated alkanes) is 3. The molecule has 0 bridgehead atoms. The van der Waals surface area contributed by atoms with Crippen LogP contribution in [0.2, 0.25) is 0 Å². The van der Waals surface area contributed by atoms with Crippen molar-refractivity contribution in [1.29, 1.82) is 0 Å². The standard InChI is InChI=1S/C30H45N2O6P3/c1-4-7-25-33-39(36-28-19-13-10-14-20-28)31-41(35-27-9-6-3,38-30-23-17-12-18-24-30)32-40(34-26-8-5-2)37-29-21-15-11-16-22-29/h10-24,31,40-41H,4-9,25-27H2,1-3H3. The van der Waals surface area contributed by atoms with Crippen molar-refractivity contribution in [3.63, 3.8) is 0 Å². The van der Waals surface area contributed by atoms with Crippen LogP contribution in [0.25, 0.3) is 0 Å². The molecule has 3 aromatic rings. The number of nitrogens with zero attached hydrogens (tertiary/aromatic N) is 1. The van der Waals surface area contributed by atoms with Crippen molar-refractivity contribution in [1.82, 2.24) is 4.86 Å². The average Bonchev–Trinajstić information content (AvgIpc) is 2.99. The molecule has 1 N–H and O–H groups in total. The Kier molecular flexibility index (Phi) is 16.3. The summed E-state index contributed by atoms with van der Waals surface area (Å²) in [7, 11) is -7.61. The van der Waals surface area contributed by atoms with Gasteiger partial charge < -0.3 is 0 Å². The van der Waals surface area contributed by atoms with Crippen molar-refractivity contribution >= 4 is 24.7 Å². The molecule has 3 rings (SSSR count). The summed E-state index contributed by atoms with van der Waals surface area (Å²) in [5.74, 6) is 1.99. The second-order valence-corrected chi connectivity index (χ2v) is 14.6. The fourth-order valence-corrected chi connectivity index (χ4v) is 9.94. The summed E-state index contributed by atoms with van der Waals surface area (Å²) in [5.41, 5.74) is 0. The van der Waals surface area contributed by atoms with Crippen LogP contribution >= 0.6 is 24.7 Å². The Balaban J connectivity index is 2.04. The molecule has 0 saturated heterocycles. The Bertz CT molecular complexity index is 1110. The van der Waals surface area contributed by atoms with Gasteiger partial charge >= 0.3 is 249 Å². The minimum absolute atomic E-state index is 0.449. The Morgan fingerprint density at radius 1 is 0.683 bits per heavy atom. The summed E-state index contributed by atoms with van der Waals surface area (Å²) in [6.07, 6.45) is 5.59. The van der Waals surface area contributed by atoms with E-state index < -0.39 is 24.7 Å². The first-order valence-electron chi connectivity index (χ1n) is 14.4. The van der Waals surface area contributed by atoms with Gasteiger partial charge in [0.2, 0.25) is 0 Å². The van der Waals surface area contributed by atoms with E-state index in [1.165, 1.54) is 0 Å². The van der Waals surface area contributed by atoms with Crippen LogP contribution in [0.15, 0.2) is 95.5 Å².